The number of hydrogen-bond acceptors (Lipinski definition) is 4. The molecule has 0 aliphatic carbocycles. The van der Waals surface area contributed by atoms with Crippen LogP contribution in [-0.2, 0) is 9.59 Å². The average molecular weight is 335 g/mol. The fraction of sp³-hybridized carbons (Fsp3) is 0.529. The molecule has 3 rings (SSSR count). The minimum absolute atomic E-state index is 0.0773. The zero-order valence-corrected chi connectivity index (χ0v) is 13.5. The average Bonchev–Trinajstić information content (AvgIpc) is 3.15. The van der Waals surface area contributed by atoms with Crippen LogP contribution in [0.1, 0.15) is 6.42 Å². The topological polar surface area (TPSA) is 61.9 Å². The van der Waals surface area contributed by atoms with Crippen LogP contribution in [0.2, 0.25) is 0 Å². The molecule has 130 valence electrons. The van der Waals surface area contributed by atoms with Gasteiger partial charge in [0.05, 0.1) is 5.92 Å². The Morgan fingerprint density at radius 1 is 1.12 bits per heavy atom. The molecule has 1 N–H and O–H groups in total. The van der Waals surface area contributed by atoms with Gasteiger partial charge in [-0.25, -0.2) is 4.39 Å². The number of ether oxygens (including phenoxy) is 1. The normalized spacial score (nSPS) is 21.0. The summed E-state index contributed by atoms with van der Waals surface area (Å²) in [4.78, 5) is 28.1. The molecule has 2 heterocycles. The fourth-order valence-corrected chi connectivity index (χ4v) is 3.07. The Hall–Kier alpha value is -2.15. The van der Waals surface area contributed by atoms with Crippen LogP contribution in [-0.4, -0.2) is 67.5 Å². The van der Waals surface area contributed by atoms with Crippen LogP contribution in [0.3, 0.4) is 0 Å². The molecule has 0 aromatic heterocycles. The minimum Gasteiger partial charge on any atom is -0.484 e. The zero-order valence-electron chi connectivity index (χ0n) is 13.5. The molecule has 1 atom stereocenters. The Labute approximate surface area is 140 Å². The Morgan fingerprint density at radius 3 is 2.42 bits per heavy atom. The highest BCUT2D eigenvalue weighted by Gasteiger charge is 2.30. The number of hydrogen-bond donors (Lipinski definition) is 1. The van der Waals surface area contributed by atoms with Crippen molar-refractivity contribution >= 4 is 11.8 Å². The zero-order chi connectivity index (χ0) is 16.9. The van der Waals surface area contributed by atoms with E-state index in [9.17, 15) is 14.0 Å². The van der Waals surface area contributed by atoms with Crippen molar-refractivity contribution in [3.63, 3.8) is 0 Å². The molecular weight excluding hydrogens is 313 g/mol. The summed E-state index contributed by atoms with van der Waals surface area (Å²) in [7, 11) is 0. The first-order chi connectivity index (χ1) is 11.6. The highest BCUT2D eigenvalue weighted by molar-refractivity contribution is 5.81. The molecule has 1 unspecified atom stereocenters. The summed E-state index contributed by atoms with van der Waals surface area (Å²) in [5.41, 5.74) is 0. The van der Waals surface area contributed by atoms with Gasteiger partial charge in [0, 0.05) is 32.7 Å². The molecule has 2 fully saturated rings. The molecule has 1 aromatic carbocycles. The van der Waals surface area contributed by atoms with Gasteiger partial charge in [-0.05, 0) is 37.2 Å². The third-order valence-corrected chi connectivity index (χ3v) is 4.53. The standard InChI is InChI=1S/C17H22FN3O3/c18-14-1-3-15(4-2-14)24-12-16(22)20-7-9-21(10-8-20)17(23)13-5-6-19-11-13/h1-4,13,19H,5-12H2. The molecule has 0 spiro atoms. The number of nitrogens with zero attached hydrogens (tertiary/aromatic N) is 2. The van der Waals surface area contributed by atoms with Crippen molar-refractivity contribution < 1.29 is 18.7 Å². The van der Waals surface area contributed by atoms with Crippen LogP contribution in [0, 0.1) is 11.7 Å². The summed E-state index contributed by atoms with van der Waals surface area (Å²) in [5.74, 6) is 0.275. The van der Waals surface area contributed by atoms with Gasteiger partial charge in [0.15, 0.2) is 6.61 Å². The van der Waals surface area contributed by atoms with Gasteiger partial charge in [-0.1, -0.05) is 0 Å². The van der Waals surface area contributed by atoms with Crippen LogP contribution < -0.4 is 10.1 Å². The number of carbonyl (C=O) groups excluding carboxylic acids is 2. The van der Waals surface area contributed by atoms with Crippen molar-refractivity contribution in [3.05, 3.63) is 30.1 Å². The molecule has 24 heavy (non-hydrogen) atoms. The van der Waals surface area contributed by atoms with E-state index >= 15 is 0 Å². The Bertz CT molecular complexity index is 579. The highest BCUT2D eigenvalue weighted by atomic mass is 19.1. The first-order valence-electron chi connectivity index (χ1n) is 8.29. The second-order valence-corrected chi connectivity index (χ2v) is 6.14. The highest BCUT2D eigenvalue weighted by Crippen LogP contribution is 2.14. The molecule has 0 radical (unpaired) electrons. The predicted molar refractivity (Wildman–Crippen MR) is 86.0 cm³/mol. The number of halogens is 1. The monoisotopic (exact) mass is 335 g/mol. The van der Waals surface area contributed by atoms with Crippen molar-refractivity contribution in [2.24, 2.45) is 5.92 Å². The summed E-state index contributed by atoms with van der Waals surface area (Å²) < 4.78 is 18.2. The van der Waals surface area contributed by atoms with Gasteiger partial charge in [0.2, 0.25) is 5.91 Å². The number of amides is 2. The number of nitrogens with one attached hydrogen (secondary N) is 1. The summed E-state index contributed by atoms with van der Waals surface area (Å²) >= 11 is 0. The molecule has 2 aliphatic heterocycles. The number of benzene rings is 1. The van der Waals surface area contributed by atoms with Crippen molar-refractivity contribution in [2.45, 2.75) is 6.42 Å². The Kier molecular flexibility index (Phi) is 5.30. The van der Waals surface area contributed by atoms with E-state index in [1.807, 2.05) is 4.90 Å². The van der Waals surface area contributed by atoms with E-state index < -0.39 is 0 Å². The van der Waals surface area contributed by atoms with E-state index in [1.54, 1.807) is 4.90 Å². The van der Waals surface area contributed by atoms with Crippen LogP contribution in [0.5, 0.6) is 5.75 Å². The van der Waals surface area contributed by atoms with Crippen LogP contribution >= 0.6 is 0 Å². The van der Waals surface area contributed by atoms with Crippen molar-refractivity contribution in [1.29, 1.82) is 0 Å². The molecule has 6 nitrogen and oxygen atoms in total. The van der Waals surface area contributed by atoms with E-state index in [4.69, 9.17) is 4.74 Å². The smallest absolute Gasteiger partial charge is 0.260 e. The first kappa shape index (κ1) is 16.7. The fourth-order valence-electron chi connectivity index (χ4n) is 3.07. The molecule has 2 amide bonds. The van der Waals surface area contributed by atoms with Gasteiger partial charge in [-0.15, -0.1) is 0 Å². The van der Waals surface area contributed by atoms with Crippen molar-refractivity contribution in [2.75, 3.05) is 45.9 Å². The molecule has 2 saturated heterocycles. The van der Waals surface area contributed by atoms with Crippen LogP contribution in [0.4, 0.5) is 4.39 Å². The van der Waals surface area contributed by atoms with Gasteiger partial charge < -0.3 is 19.9 Å². The van der Waals surface area contributed by atoms with Gasteiger partial charge in [-0.2, -0.15) is 0 Å². The number of rotatable bonds is 4. The third kappa shape index (κ3) is 4.03. The molecule has 1 aromatic rings. The maximum Gasteiger partial charge on any atom is 0.260 e. The van der Waals surface area contributed by atoms with Gasteiger partial charge in [0.1, 0.15) is 11.6 Å². The molecule has 0 bridgehead atoms. The molecule has 7 heteroatoms. The van der Waals surface area contributed by atoms with Crippen LogP contribution in [0.15, 0.2) is 24.3 Å². The third-order valence-electron chi connectivity index (χ3n) is 4.53. The van der Waals surface area contributed by atoms with Crippen molar-refractivity contribution in [1.82, 2.24) is 15.1 Å². The van der Waals surface area contributed by atoms with Crippen molar-refractivity contribution in [3.8, 4) is 5.75 Å². The second kappa shape index (κ2) is 7.61. The largest absolute Gasteiger partial charge is 0.484 e. The number of carbonyl (C=O) groups is 2. The molecular formula is C17H22FN3O3. The summed E-state index contributed by atoms with van der Waals surface area (Å²) in [6.07, 6.45) is 0.892. The van der Waals surface area contributed by atoms with E-state index in [1.165, 1.54) is 24.3 Å². The SMILES string of the molecule is O=C(COc1ccc(F)cc1)N1CCN(C(=O)C2CCNC2)CC1. The van der Waals surface area contributed by atoms with E-state index in [0.717, 1.165) is 19.5 Å². The van der Waals surface area contributed by atoms with Crippen LogP contribution in [0.25, 0.3) is 0 Å². The lowest BCUT2D eigenvalue weighted by Gasteiger charge is -2.35. The molecule has 2 aliphatic rings. The Morgan fingerprint density at radius 2 is 1.79 bits per heavy atom. The summed E-state index contributed by atoms with van der Waals surface area (Å²) in [6, 6.07) is 5.58. The van der Waals surface area contributed by atoms with E-state index in [2.05, 4.69) is 5.32 Å². The quantitative estimate of drug-likeness (QED) is 0.870. The predicted octanol–water partition coefficient (Wildman–Crippen LogP) is 0.485. The van der Waals surface area contributed by atoms with E-state index in [-0.39, 0.29) is 30.2 Å². The summed E-state index contributed by atoms with van der Waals surface area (Å²) in [6.45, 7) is 3.76. The minimum atomic E-state index is -0.341. The lowest BCUT2D eigenvalue weighted by atomic mass is 10.1. The van der Waals surface area contributed by atoms with Gasteiger partial charge >= 0.3 is 0 Å². The summed E-state index contributed by atoms with van der Waals surface area (Å²) in [5, 5.41) is 3.20. The Balaban J connectivity index is 1.43. The number of piperazine rings is 1. The lowest BCUT2D eigenvalue weighted by Crippen LogP contribution is -2.53. The molecule has 0 saturated carbocycles. The maximum absolute atomic E-state index is 12.8. The van der Waals surface area contributed by atoms with Gasteiger partial charge in [0.25, 0.3) is 5.91 Å². The first-order valence-corrected chi connectivity index (χ1v) is 8.29. The lowest BCUT2D eigenvalue weighted by molar-refractivity contribution is -0.142. The van der Waals surface area contributed by atoms with E-state index in [0.29, 0.717) is 31.9 Å². The second-order valence-electron chi connectivity index (χ2n) is 6.14. The van der Waals surface area contributed by atoms with Gasteiger partial charge in [-0.3, -0.25) is 9.59 Å². The maximum atomic E-state index is 12.8.